The lowest BCUT2D eigenvalue weighted by Crippen LogP contribution is -2.30. The number of benzene rings is 1. The van der Waals surface area contributed by atoms with E-state index in [1.165, 1.54) is 12.3 Å². The van der Waals surface area contributed by atoms with Crippen LogP contribution in [-0.2, 0) is 22.4 Å². The fraction of sp³-hybridized carbons (Fsp3) is 0.320. The summed E-state index contributed by atoms with van der Waals surface area (Å²) >= 11 is 0. The van der Waals surface area contributed by atoms with E-state index < -0.39 is 23.3 Å². The van der Waals surface area contributed by atoms with Crippen molar-refractivity contribution in [3.8, 4) is 23.1 Å². The Bertz CT molecular complexity index is 1460. The van der Waals surface area contributed by atoms with Gasteiger partial charge in [0.15, 0.2) is 11.3 Å². The predicted octanol–water partition coefficient (Wildman–Crippen LogP) is 3.73. The molecule has 1 aromatic carbocycles. The third kappa shape index (κ3) is 4.21. The first-order chi connectivity index (χ1) is 16.7. The zero-order valence-corrected chi connectivity index (χ0v) is 19.5. The van der Waals surface area contributed by atoms with Crippen LogP contribution in [0.1, 0.15) is 49.3 Å². The summed E-state index contributed by atoms with van der Waals surface area (Å²) in [7, 11) is 0. The first-order valence-electron chi connectivity index (χ1n) is 11.2. The summed E-state index contributed by atoms with van der Waals surface area (Å²) < 4.78 is 28.0. The summed E-state index contributed by atoms with van der Waals surface area (Å²) in [6, 6.07) is 6.74. The molecule has 35 heavy (non-hydrogen) atoms. The molecule has 5 rings (SSSR count). The smallest absolute Gasteiger partial charge is 0.317 e. The van der Waals surface area contributed by atoms with E-state index >= 15 is 4.39 Å². The van der Waals surface area contributed by atoms with Gasteiger partial charge in [-0.25, -0.2) is 14.4 Å². The number of ether oxygens (including phenoxy) is 2. The molecule has 0 saturated heterocycles. The number of hydrogen-bond acceptors (Lipinski definition) is 7. The SMILES string of the molecule is CC(C)(C)OC(=O)C(Cc1c(F)ccc2c1CCO2)c1ncc(-c2cc[nH]n2)c2nc(C#N)cn12. The second-order valence-corrected chi connectivity index (χ2v) is 9.31. The zero-order valence-electron chi connectivity index (χ0n) is 19.5. The van der Waals surface area contributed by atoms with E-state index in [0.717, 1.165) is 5.56 Å². The largest absolute Gasteiger partial charge is 0.493 e. The van der Waals surface area contributed by atoms with E-state index in [0.29, 0.717) is 47.1 Å². The number of carbonyl (C=O) groups is 1. The van der Waals surface area contributed by atoms with Crippen molar-refractivity contribution in [2.24, 2.45) is 0 Å². The average molecular weight is 474 g/mol. The Morgan fingerprint density at radius 2 is 2.20 bits per heavy atom. The van der Waals surface area contributed by atoms with Gasteiger partial charge in [-0.1, -0.05) is 0 Å². The molecule has 1 aliphatic rings. The normalized spacial score (nSPS) is 13.8. The Balaban J connectivity index is 1.68. The monoisotopic (exact) mass is 474 g/mol. The number of carbonyl (C=O) groups excluding carboxylic acids is 1. The molecule has 9 nitrogen and oxygen atoms in total. The Labute approximate surface area is 200 Å². The van der Waals surface area contributed by atoms with Crippen molar-refractivity contribution < 1.29 is 18.7 Å². The molecule has 1 unspecified atom stereocenters. The third-order valence-corrected chi connectivity index (χ3v) is 5.76. The van der Waals surface area contributed by atoms with Crippen LogP contribution in [0.3, 0.4) is 0 Å². The van der Waals surface area contributed by atoms with Gasteiger partial charge in [-0.15, -0.1) is 0 Å². The molecular formula is C25H23FN6O3. The topological polar surface area (TPSA) is 118 Å². The van der Waals surface area contributed by atoms with Crippen molar-refractivity contribution >= 4 is 11.6 Å². The van der Waals surface area contributed by atoms with Crippen LogP contribution in [0.25, 0.3) is 16.9 Å². The molecule has 4 aromatic rings. The van der Waals surface area contributed by atoms with Crippen LogP contribution < -0.4 is 4.74 Å². The number of aromatic nitrogens is 5. The highest BCUT2D eigenvalue weighted by atomic mass is 19.1. The fourth-order valence-electron chi connectivity index (χ4n) is 4.29. The lowest BCUT2D eigenvalue weighted by Gasteiger charge is -2.25. The maximum absolute atomic E-state index is 15.0. The highest BCUT2D eigenvalue weighted by Gasteiger charge is 2.33. The molecule has 178 valence electrons. The number of imidazole rings is 1. The van der Waals surface area contributed by atoms with Crippen molar-refractivity contribution in [1.29, 1.82) is 5.26 Å². The highest BCUT2D eigenvalue weighted by Crippen LogP contribution is 2.35. The van der Waals surface area contributed by atoms with Crippen LogP contribution >= 0.6 is 0 Å². The molecule has 0 amide bonds. The van der Waals surface area contributed by atoms with Crippen LogP contribution in [0.5, 0.6) is 5.75 Å². The van der Waals surface area contributed by atoms with Gasteiger partial charge in [0, 0.05) is 30.6 Å². The van der Waals surface area contributed by atoms with Crippen LogP contribution in [-0.4, -0.2) is 42.7 Å². The van der Waals surface area contributed by atoms with Gasteiger partial charge in [-0.2, -0.15) is 10.4 Å². The van der Waals surface area contributed by atoms with Crippen molar-refractivity contribution in [2.75, 3.05) is 6.61 Å². The van der Waals surface area contributed by atoms with Crippen molar-refractivity contribution in [3.05, 3.63) is 65.3 Å². The zero-order chi connectivity index (χ0) is 24.7. The minimum absolute atomic E-state index is 0.0111. The number of rotatable bonds is 5. The van der Waals surface area contributed by atoms with Gasteiger partial charge in [0.05, 0.1) is 17.9 Å². The number of aromatic amines is 1. The Kier molecular flexibility index (Phi) is 5.47. The van der Waals surface area contributed by atoms with Crippen LogP contribution in [0.4, 0.5) is 4.39 Å². The molecule has 1 aliphatic heterocycles. The van der Waals surface area contributed by atoms with E-state index in [4.69, 9.17) is 9.47 Å². The Morgan fingerprint density at radius 1 is 1.37 bits per heavy atom. The molecule has 0 spiro atoms. The van der Waals surface area contributed by atoms with Crippen molar-refractivity contribution in [3.63, 3.8) is 0 Å². The number of nitriles is 1. The summed E-state index contributed by atoms with van der Waals surface area (Å²) in [6.45, 7) is 5.76. The average Bonchev–Trinajstić information content (AvgIpc) is 3.57. The van der Waals surface area contributed by atoms with E-state index in [1.807, 2.05) is 6.07 Å². The summed E-state index contributed by atoms with van der Waals surface area (Å²) in [5, 5.41) is 16.4. The number of fused-ring (bicyclic) bond motifs is 2. The maximum Gasteiger partial charge on any atom is 0.317 e. The van der Waals surface area contributed by atoms with Gasteiger partial charge in [0.1, 0.15) is 35.0 Å². The van der Waals surface area contributed by atoms with Gasteiger partial charge in [0.2, 0.25) is 0 Å². The van der Waals surface area contributed by atoms with Crippen LogP contribution in [0, 0.1) is 17.1 Å². The number of H-pyrrole nitrogens is 1. The molecular weight excluding hydrogens is 451 g/mol. The second kappa shape index (κ2) is 8.51. The highest BCUT2D eigenvalue weighted by molar-refractivity contribution is 5.80. The summed E-state index contributed by atoms with van der Waals surface area (Å²) in [6.07, 6.45) is 5.30. The summed E-state index contributed by atoms with van der Waals surface area (Å²) in [5.74, 6) is -1.03. The molecule has 0 radical (unpaired) electrons. The maximum atomic E-state index is 15.0. The van der Waals surface area contributed by atoms with Crippen molar-refractivity contribution in [2.45, 2.75) is 45.1 Å². The van der Waals surface area contributed by atoms with E-state index in [2.05, 4.69) is 20.2 Å². The standard InChI is InChI=1S/C25H23FN6O3/c1-25(2,3)35-24(33)17(10-16-15-7-9-34-21(15)5-4-19(16)26)22-28-12-18(20-6-8-29-31-20)23-30-14(11-27)13-32(22)23/h4-6,8,12-13,17H,7,9-10H2,1-3H3,(H,29,31). The lowest BCUT2D eigenvalue weighted by atomic mass is 9.92. The van der Waals surface area contributed by atoms with Crippen LogP contribution in [0.2, 0.25) is 0 Å². The van der Waals surface area contributed by atoms with Gasteiger partial charge in [-0.05, 0) is 51.0 Å². The second-order valence-electron chi connectivity index (χ2n) is 9.31. The summed E-state index contributed by atoms with van der Waals surface area (Å²) in [5.41, 5.74) is 2.10. The molecule has 0 saturated carbocycles. The number of halogens is 1. The van der Waals surface area contributed by atoms with Crippen molar-refractivity contribution in [1.82, 2.24) is 24.6 Å². The van der Waals surface area contributed by atoms with E-state index in [-0.39, 0.29) is 12.1 Å². The van der Waals surface area contributed by atoms with Gasteiger partial charge >= 0.3 is 5.97 Å². The minimum atomic E-state index is -0.965. The molecule has 0 aliphatic carbocycles. The number of nitrogens with zero attached hydrogens (tertiary/aromatic N) is 5. The number of esters is 1. The van der Waals surface area contributed by atoms with Gasteiger partial charge in [-0.3, -0.25) is 14.3 Å². The Hall–Kier alpha value is -4.26. The molecule has 1 N–H and O–H groups in total. The van der Waals surface area contributed by atoms with E-state index in [1.54, 1.807) is 49.7 Å². The molecule has 3 aromatic heterocycles. The van der Waals surface area contributed by atoms with E-state index in [9.17, 15) is 10.1 Å². The van der Waals surface area contributed by atoms with Crippen LogP contribution in [0.15, 0.2) is 36.8 Å². The molecule has 10 heteroatoms. The molecule has 0 fully saturated rings. The quantitative estimate of drug-likeness (QED) is 0.438. The number of hydrogen-bond donors (Lipinski definition) is 1. The van der Waals surface area contributed by atoms with Gasteiger partial charge in [0.25, 0.3) is 0 Å². The third-order valence-electron chi connectivity index (χ3n) is 5.76. The lowest BCUT2D eigenvalue weighted by molar-refractivity contribution is -0.157. The minimum Gasteiger partial charge on any atom is -0.493 e. The predicted molar refractivity (Wildman–Crippen MR) is 123 cm³/mol. The van der Waals surface area contributed by atoms with Gasteiger partial charge < -0.3 is 9.47 Å². The molecule has 4 heterocycles. The number of nitrogens with one attached hydrogen (secondary N) is 1. The summed E-state index contributed by atoms with van der Waals surface area (Å²) in [4.78, 5) is 22.5. The molecule has 0 bridgehead atoms. The Morgan fingerprint density at radius 3 is 2.91 bits per heavy atom. The fourth-order valence-corrected chi connectivity index (χ4v) is 4.29. The first kappa shape index (κ1) is 22.5. The molecule has 1 atom stereocenters. The first-order valence-corrected chi connectivity index (χ1v) is 11.2.